The van der Waals surface area contributed by atoms with Crippen LogP contribution in [0, 0.1) is 0 Å². The predicted molar refractivity (Wildman–Crippen MR) is 94.0 cm³/mol. The standard InChI is InChI=1S/C19H18O4S/c1-13(2)14-4-8-18(9-5-14)23-24(21,22)19-10-6-15-11-17(20)7-3-16(15)12-19/h3-13,20H,1-2H3. The van der Waals surface area contributed by atoms with E-state index in [1.54, 1.807) is 30.3 Å². The van der Waals surface area contributed by atoms with Gasteiger partial charge in [-0.15, -0.1) is 0 Å². The number of phenols is 1. The minimum Gasteiger partial charge on any atom is -0.508 e. The fourth-order valence-corrected chi connectivity index (χ4v) is 3.42. The summed E-state index contributed by atoms with van der Waals surface area (Å²) >= 11 is 0. The van der Waals surface area contributed by atoms with Crippen molar-refractivity contribution >= 4 is 20.9 Å². The maximum Gasteiger partial charge on any atom is 0.339 e. The molecule has 0 unspecified atom stereocenters. The Hall–Kier alpha value is -2.53. The fourth-order valence-electron chi connectivity index (χ4n) is 2.45. The molecule has 0 saturated heterocycles. The van der Waals surface area contributed by atoms with Crippen molar-refractivity contribution in [3.05, 3.63) is 66.2 Å². The molecule has 0 spiro atoms. The van der Waals surface area contributed by atoms with Crippen LogP contribution in [0.2, 0.25) is 0 Å². The van der Waals surface area contributed by atoms with E-state index in [4.69, 9.17) is 4.18 Å². The molecule has 4 nitrogen and oxygen atoms in total. The van der Waals surface area contributed by atoms with Gasteiger partial charge in [0, 0.05) is 0 Å². The van der Waals surface area contributed by atoms with E-state index in [1.807, 2.05) is 12.1 Å². The van der Waals surface area contributed by atoms with Crippen LogP contribution in [-0.2, 0) is 10.1 Å². The zero-order valence-corrected chi connectivity index (χ0v) is 14.2. The summed E-state index contributed by atoms with van der Waals surface area (Å²) in [6.45, 7) is 4.14. The highest BCUT2D eigenvalue weighted by molar-refractivity contribution is 7.87. The molecule has 5 heteroatoms. The Morgan fingerprint density at radius 2 is 1.50 bits per heavy atom. The molecule has 0 aliphatic carbocycles. The summed E-state index contributed by atoms with van der Waals surface area (Å²) in [5.74, 6) is 0.789. The van der Waals surface area contributed by atoms with Crippen LogP contribution in [0.5, 0.6) is 11.5 Å². The highest BCUT2D eigenvalue weighted by atomic mass is 32.2. The topological polar surface area (TPSA) is 63.6 Å². The van der Waals surface area contributed by atoms with E-state index in [9.17, 15) is 13.5 Å². The highest BCUT2D eigenvalue weighted by Crippen LogP contribution is 2.26. The van der Waals surface area contributed by atoms with E-state index in [0.717, 1.165) is 10.9 Å². The van der Waals surface area contributed by atoms with Crippen molar-refractivity contribution in [1.29, 1.82) is 0 Å². The summed E-state index contributed by atoms with van der Waals surface area (Å²) in [7, 11) is -3.91. The molecule has 0 fully saturated rings. The lowest BCUT2D eigenvalue weighted by Gasteiger charge is -2.10. The molecule has 0 heterocycles. The van der Waals surface area contributed by atoms with Gasteiger partial charge in [-0.3, -0.25) is 0 Å². The van der Waals surface area contributed by atoms with E-state index in [0.29, 0.717) is 11.3 Å². The third kappa shape index (κ3) is 3.36. The van der Waals surface area contributed by atoms with Gasteiger partial charge in [0.2, 0.25) is 0 Å². The lowest BCUT2D eigenvalue weighted by Crippen LogP contribution is -2.09. The second-order valence-corrected chi connectivity index (χ2v) is 7.50. The van der Waals surface area contributed by atoms with Crippen LogP contribution in [0.15, 0.2) is 65.6 Å². The van der Waals surface area contributed by atoms with Crippen LogP contribution >= 0.6 is 0 Å². The third-order valence-electron chi connectivity index (χ3n) is 3.84. The van der Waals surface area contributed by atoms with E-state index in [1.165, 1.54) is 18.2 Å². The molecule has 0 aromatic heterocycles. The molecule has 0 aliphatic heterocycles. The Bertz CT molecular complexity index is 974. The average Bonchev–Trinajstić information content (AvgIpc) is 2.54. The van der Waals surface area contributed by atoms with Gasteiger partial charge in [-0.2, -0.15) is 8.42 Å². The second-order valence-electron chi connectivity index (χ2n) is 5.95. The Kier molecular flexibility index (Phi) is 4.20. The summed E-state index contributed by atoms with van der Waals surface area (Å²) in [6, 6.07) is 16.5. The van der Waals surface area contributed by atoms with Crippen LogP contribution in [-0.4, -0.2) is 13.5 Å². The molecule has 0 bridgehead atoms. The van der Waals surface area contributed by atoms with Gasteiger partial charge in [0.1, 0.15) is 16.4 Å². The van der Waals surface area contributed by atoms with E-state index in [-0.39, 0.29) is 16.4 Å². The predicted octanol–water partition coefficient (Wildman–Crippen LogP) is 4.44. The van der Waals surface area contributed by atoms with Gasteiger partial charge in [0.05, 0.1) is 0 Å². The molecule has 0 atom stereocenters. The van der Waals surface area contributed by atoms with Crippen molar-refractivity contribution in [3.8, 4) is 11.5 Å². The number of rotatable bonds is 4. The molecular weight excluding hydrogens is 324 g/mol. The normalized spacial score (nSPS) is 11.8. The summed E-state index contributed by atoms with van der Waals surface area (Å²) in [6.07, 6.45) is 0. The smallest absolute Gasteiger partial charge is 0.339 e. The van der Waals surface area contributed by atoms with Gasteiger partial charge in [-0.1, -0.05) is 38.1 Å². The number of hydrogen-bond donors (Lipinski definition) is 1. The molecule has 24 heavy (non-hydrogen) atoms. The molecule has 124 valence electrons. The highest BCUT2D eigenvalue weighted by Gasteiger charge is 2.17. The first-order chi connectivity index (χ1) is 11.3. The second kappa shape index (κ2) is 6.17. The van der Waals surface area contributed by atoms with Gasteiger partial charge < -0.3 is 9.29 Å². The number of phenolic OH excluding ortho intramolecular Hbond substituents is 1. The first kappa shape index (κ1) is 16.3. The van der Waals surface area contributed by atoms with Gasteiger partial charge >= 0.3 is 10.1 Å². The molecule has 0 aliphatic rings. The number of fused-ring (bicyclic) bond motifs is 1. The van der Waals surface area contributed by atoms with E-state index in [2.05, 4.69) is 13.8 Å². The quantitative estimate of drug-likeness (QED) is 0.712. The first-order valence-corrected chi connectivity index (χ1v) is 9.03. The van der Waals surface area contributed by atoms with Crippen molar-refractivity contribution in [2.45, 2.75) is 24.7 Å². The molecule has 0 radical (unpaired) electrons. The first-order valence-electron chi connectivity index (χ1n) is 7.62. The van der Waals surface area contributed by atoms with Crippen molar-refractivity contribution < 1.29 is 17.7 Å². The van der Waals surface area contributed by atoms with Gasteiger partial charge in [-0.05, 0) is 58.7 Å². The molecule has 3 aromatic rings. The monoisotopic (exact) mass is 342 g/mol. The maximum atomic E-state index is 12.5. The molecule has 0 saturated carbocycles. The zero-order chi connectivity index (χ0) is 17.3. The van der Waals surface area contributed by atoms with Crippen LogP contribution in [0.4, 0.5) is 0 Å². The molecule has 1 N–H and O–H groups in total. The Labute approximate surface area is 141 Å². The van der Waals surface area contributed by atoms with E-state index >= 15 is 0 Å². The summed E-state index contributed by atoms with van der Waals surface area (Å²) in [5, 5.41) is 10.9. The van der Waals surface area contributed by atoms with Crippen LogP contribution in [0.3, 0.4) is 0 Å². The minimum absolute atomic E-state index is 0.0774. The third-order valence-corrected chi connectivity index (χ3v) is 5.08. The lowest BCUT2D eigenvalue weighted by atomic mass is 10.0. The fraction of sp³-hybridized carbons (Fsp3) is 0.158. The lowest BCUT2D eigenvalue weighted by molar-refractivity contribution is 0.476. The Morgan fingerprint density at radius 1 is 0.875 bits per heavy atom. The molecule has 3 rings (SSSR count). The zero-order valence-electron chi connectivity index (χ0n) is 13.4. The van der Waals surface area contributed by atoms with Crippen LogP contribution in [0.25, 0.3) is 10.8 Å². The van der Waals surface area contributed by atoms with Crippen molar-refractivity contribution in [1.82, 2.24) is 0 Å². The van der Waals surface area contributed by atoms with Crippen molar-refractivity contribution in [3.63, 3.8) is 0 Å². The summed E-state index contributed by atoms with van der Waals surface area (Å²) in [4.78, 5) is 0.0774. The molecule has 0 amide bonds. The van der Waals surface area contributed by atoms with Crippen molar-refractivity contribution in [2.24, 2.45) is 0 Å². The van der Waals surface area contributed by atoms with E-state index < -0.39 is 10.1 Å². The average molecular weight is 342 g/mol. The van der Waals surface area contributed by atoms with Crippen molar-refractivity contribution in [2.75, 3.05) is 0 Å². The van der Waals surface area contributed by atoms with Gasteiger partial charge in [0.25, 0.3) is 0 Å². The number of benzene rings is 3. The maximum absolute atomic E-state index is 12.5. The van der Waals surface area contributed by atoms with Gasteiger partial charge in [-0.25, -0.2) is 0 Å². The molecular formula is C19H18O4S. The Morgan fingerprint density at radius 3 is 2.17 bits per heavy atom. The SMILES string of the molecule is CC(C)c1ccc(OS(=O)(=O)c2ccc3cc(O)ccc3c2)cc1. The van der Waals surface area contributed by atoms with Crippen LogP contribution < -0.4 is 4.18 Å². The van der Waals surface area contributed by atoms with Crippen LogP contribution in [0.1, 0.15) is 25.3 Å². The van der Waals surface area contributed by atoms with Gasteiger partial charge in [0.15, 0.2) is 0 Å². The number of hydrogen-bond acceptors (Lipinski definition) is 4. The summed E-state index contributed by atoms with van der Waals surface area (Å²) in [5.41, 5.74) is 1.12. The summed E-state index contributed by atoms with van der Waals surface area (Å²) < 4.78 is 30.1. The molecule has 3 aromatic carbocycles. The largest absolute Gasteiger partial charge is 0.508 e. The minimum atomic E-state index is -3.91. The number of aromatic hydroxyl groups is 1. The Balaban J connectivity index is 1.91.